The molecule has 0 saturated carbocycles. The lowest BCUT2D eigenvalue weighted by Gasteiger charge is -2.14. The fourth-order valence-corrected chi connectivity index (χ4v) is 2.63. The summed E-state index contributed by atoms with van der Waals surface area (Å²) in [5.41, 5.74) is 0. The molecule has 1 aromatic carbocycles. The second kappa shape index (κ2) is 6.76. The van der Waals surface area contributed by atoms with Gasteiger partial charge >= 0.3 is 0 Å². The lowest BCUT2D eigenvalue weighted by atomic mass is 10.3. The first kappa shape index (κ1) is 16.3. The number of benzene rings is 1. The van der Waals surface area contributed by atoms with Crippen LogP contribution in [0.4, 0.5) is 0 Å². The van der Waals surface area contributed by atoms with Gasteiger partial charge in [-0.05, 0) is 31.2 Å². The first-order valence-electron chi connectivity index (χ1n) is 6.28. The van der Waals surface area contributed by atoms with Crippen molar-refractivity contribution in [2.75, 3.05) is 0 Å². The second-order valence-electron chi connectivity index (χ2n) is 4.36. The largest absolute Gasteiger partial charge is 0.481 e. The number of amides is 1. The standard InChI is InChI=1S/C14H13ClN2O4S/c1-10(21-12-5-3-2-4-6-12)14(18)17-22(19,20)13-8-7-11(15)9-16-13/h2-10H,1H3,(H,17,18)/t10-/m0/s1. The van der Waals surface area contributed by atoms with Gasteiger partial charge in [-0.25, -0.2) is 9.71 Å². The van der Waals surface area contributed by atoms with E-state index < -0.39 is 22.0 Å². The molecule has 0 aliphatic heterocycles. The molecule has 1 amide bonds. The molecule has 0 bridgehead atoms. The van der Waals surface area contributed by atoms with Gasteiger partial charge in [0.2, 0.25) is 0 Å². The van der Waals surface area contributed by atoms with Crippen molar-refractivity contribution in [1.82, 2.24) is 9.71 Å². The summed E-state index contributed by atoms with van der Waals surface area (Å²) >= 11 is 5.64. The van der Waals surface area contributed by atoms with Crippen molar-refractivity contribution in [2.24, 2.45) is 0 Å². The van der Waals surface area contributed by atoms with Crippen LogP contribution in [-0.2, 0) is 14.8 Å². The molecule has 0 saturated heterocycles. The van der Waals surface area contributed by atoms with E-state index in [1.54, 1.807) is 30.3 Å². The van der Waals surface area contributed by atoms with Crippen LogP contribution in [0.25, 0.3) is 0 Å². The van der Waals surface area contributed by atoms with Crippen molar-refractivity contribution in [3.63, 3.8) is 0 Å². The third-order valence-electron chi connectivity index (χ3n) is 2.64. The minimum Gasteiger partial charge on any atom is -0.481 e. The number of halogens is 1. The van der Waals surface area contributed by atoms with Crippen LogP contribution in [0.2, 0.25) is 5.02 Å². The molecule has 6 nitrogen and oxygen atoms in total. The topological polar surface area (TPSA) is 85.4 Å². The zero-order valence-corrected chi connectivity index (χ0v) is 13.1. The van der Waals surface area contributed by atoms with E-state index in [-0.39, 0.29) is 5.03 Å². The maximum atomic E-state index is 12.0. The molecular weight excluding hydrogens is 328 g/mol. The highest BCUT2D eigenvalue weighted by Crippen LogP contribution is 2.13. The van der Waals surface area contributed by atoms with Gasteiger partial charge in [0.25, 0.3) is 15.9 Å². The lowest BCUT2D eigenvalue weighted by molar-refractivity contribution is -0.125. The highest BCUT2D eigenvalue weighted by atomic mass is 35.5. The van der Waals surface area contributed by atoms with Gasteiger partial charge in [-0.2, -0.15) is 8.42 Å². The Morgan fingerprint density at radius 2 is 1.91 bits per heavy atom. The van der Waals surface area contributed by atoms with Crippen LogP contribution in [-0.4, -0.2) is 25.4 Å². The minimum atomic E-state index is -4.06. The molecule has 8 heteroatoms. The Morgan fingerprint density at radius 1 is 1.23 bits per heavy atom. The molecule has 1 atom stereocenters. The van der Waals surface area contributed by atoms with Gasteiger partial charge in [0.15, 0.2) is 11.1 Å². The molecule has 0 fully saturated rings. The number of aromatic nitrogens is 1. The van der Waals surface area contributed by atoms with Crippen LogP contribution < -0.4 is 9.46 Å². The van der Waals surface area contributed by atoms with Crippen molar-refractivity contribution >= 4 is 27.5 Å². The van der Waals surface area contributed by atoms with E-state index >= 15 is 0 Å². The highest BCUT2D eigenvalue weighted by Gasteiger charge is 2.23. The number of nitrogens with one attached hydrogen (secondary N) is 1. The molecule has 0 aliphatic carbocycles. The van der Waals surface area contributed by atoms with Gasteiger partial charge in [-0.1, -0.05) is 29.8 Å². The molecule has 0 aliphatic rings. The zero-order valence-electron chi connectivity index (χ0n) is 11.6. The molecule has 0 radical (unpaired) electrons. The Hall–Kier alpha value is -2.12. The van der Waals surface area contributed by atoms with E-state index in [1.807, 2.05) is 4.72 Å². The Kier molecular flexibility index (Phi) is 4.99. The maximum Gasteiger partial charge on any atom is 0.281 e. The summed E-state index contributed by atoms with van der Waals surface area (Å²) in [7, 11) is -4.06. The van der Waals surface area contributed by atoms with Gasteiger partial charge in [0.1, 0.15) is 5.75 Å². The lowest BCUT2D eigenvalue weighted by Crippen LogP contribution is -2.40. The van der Waals surface area contributed by atoms with E-state index in [1.165, 1.54) is 25.3 Å². The van der Waals surface area contributed by atoms with Crippen molar-refractivity contribution < 1.29 is 17.9 Å². The van der Waals surface area contributed by atoms with E-state index in [0.717, 1.165) is 0 Å². The Morgan fingerprint density at radius 3 is 2.50 bits per heavy atom. The third kappa shape index (κ3) is 4.19. The summed E-state index contributed by atoms with van der Waals surface area (Å²) in [6, 6.07) is 11.2. The van der Waals surface area contributed by atoms with Crippen LogP contribution >= 0.6 is 11.6 Å². The van der Waals surface area contributed by atoms with Gasteiger partial charge in [0.05, 0.1) is 5.02 Å². The number of sulfonamides is 1. The van der Waals surface area contributed by atoms with Crippen LogP contribution in [0.3, 0.4) is 0 Å². The Bertz CT molecular complexity index is 748. The average Bonchev–Trinajstić information content (AvgIpc) is 2.48. The number of carbonyl (C=O) groups excluding carboxylic acids is 1. The summed E-state index contributed by atoms with van der Waals surface area (Å²) < 4.78 is 31.3. The van der Waals surface area contributed by atoms with Crippen molar-refractivity contribution in [3.8, 4) is 5.75 Å². The number of pyridine rings is 1. The molecular formula is C14H13ClN2O4S. The fourth-order valence-electron chi connectivity index (χ4n) is 1.55. The van der Waals surface area contributed by atoms with Gasteiger partial charge in [-0.3, -0.25) is 4.79 Å². The summed E-state index contributed by atoms with van der Waals surface area (Å²) in [5, 5.41) is 0.00298. The van der Waals surface area contributed by atoms with E-state index in [2.05, 4.69) is 4.98 Å². The van der Waals surface area contributed by atoms with Gasteiger partial charge in [0, 0.05) is 6.20 Å². The van der Waals surface area contributed by atoms with Crippen LogP contribution in [0.15, 0.2) is 53.7 Å². The number of ether oxygens (including phenoxy) is 1. The van der Waals surface area contributed by atoms with Crippen molar-refractivity contribution in [3.05, 3.63) is 53.7 Å². The number of nitrogens with zero attached hydrogens (tertiary/aromatic N) is 1. The molecule has 1 aromatic heterocycles. The third-order valence-corrected chi connectivity index (χ3v) is 4.12. The second-order valence-corrected chi connectivity index (χ2v) is 6.42. The molecule has 116 valence electrons. The normalized spacial score (nSPS) is 12.5. The molecule has 0 spiro atoms. The molecule has 2 rings (SSSR count). The zero-order chi connectivity index (χ0) is 16.2. The summed E-state index contributed by atoms with van der Waals surface area (Å²) in [4.78, 5) is 15.6. The van der Waals surface area contributed by atoms with Crippen LogP contribution in [0.1, 0.15) is 6.92 Å². The molecule has 1 heterocycles. The fraction of sp³-hybridized carbons (Fsp3) is 0.143. The maximum absolute atomic E-state index is 12.0. The quantitative estimate of drug-likeness (QED) is 0.899. The van der Waals surface area contributed by atoms with Crippen molar-refractivity contribution in [1.29, 1.82) is 0 Å². The summed E-state index contributed by atoms with van der Waals surface area (Å²) in [6.07, 6.45) is 0.203. The summed E-state index contributed by atoms with van der Waals surface area (Å²) in [6.45, 7) is 1.45. The van der Waals surface area contributed by atoms with Crippen molar-refractivity contribution in [2.45, 2.75) is 18.1 Å². The predicted octanol–water partition coefficient (Wildman–Crippen LogP) is 2.01. The number of para-hydroxylation sites is 1. The highest BCUT2D eigenvalue weighted by molar-refractivity contribution is 7.90. The Labute approximate surface area is 133 Å². The molecule has 2 aromatic rings. The smallest absolute Gasteiger partial charge is 0.281 e. The number of hydrogen-bond donors (Lipinski definition) is 1. The van der Waals surface area contributed by atoms with Crippen LogP contribution in [0.5, 0.6) is 5.75 Å². The Balaban J connectivity index is 2.05. The van der Waals surface area contributed by atoms with E-state index in [4.69, 9.17) is 16.3 Å². The number of carbonyl (C=O) groups is 1. The van der Waals surface area contributed by atoms with E-state index in [9.17, 15) is 13.2 Å². The predicted molar refractivity (Wildman–Crippen MR) is 81.1 cm³/mol. The first-order valence-corrected chi connectivity index (χ1v) is 8.14. The van der Waals surface area contributed by atoms with Crippen LogP contribution in [0, 0.1) is 0 Å². The first-order chi connectivity index (χ1) is 10.4. The average molecular weight is 341 g/mol. The molecule has 1 N–H and O–H groups in total. The molecule has 22 heavy (non-hydrogen) atoms. The monoisotopic (exact) mass is 340 g/mol. The van der Waals surface area contributed by atoms with Gasteiger partial charge < -0.3 is 4.74 Å². The van der Waals surface area contributed by atoms with Gasteiger partial charge in [-0.15, -0.1) is 0 Å². The van der Waals surface area contributed by atoms with E-state index in [0.29, 0.717) is 10.8 Å². The SMILES string of the molecule is C[C@H](Oc1ccccc1)C(=O)NS(=O)(=O)c1ccc(Cl)cn1. The minimum absolute atomic E-state index is 0.294. The number of rotatable bonds is 5. The summed E-state index contributed by atoms with van der Waals surface area (Å²) in [5.74, 6) is -0.326. The molecule has 0 unspecified atom stereocenters. The number of hydrogen-bond acceptors (Lipinski definition) is 5.